The standard InChI is InChI=1S/C27H33N3O6S/c1-6-27(14-34-18-9-7-17(8-10-18)13-20-25(28)30-26(29)37-20)12-11-19-15(2)21(35-16(3)31)23(32-4)24(33-5)22(19)36-27/h7-10H,6,11-14,28H2,1-5H3,(H2,29,30). The molecule has 9 nitrogen and oxygen atoms in total. The fraction of sp³-hybridized carbons (Fsp3) is 0.407. The average molecular weight is 528 g/mol. The van der Waals surface area contributed by atoms with Crippen LogP contribution >= 0.6 is 11.3 Å². The minimum absolute atomic E-state index is 0.334. The quantitative estimate of drug-likeness (QED) is 0.300. The summed E-state index contributed by atoms with van der Waals surface area (Å²) in [5, 5.41) is 0.471. The third kappa shape index (κ3) is 5.39. The van der Waals surface area contributed by atoms with Gasteiger partial charge in [-0.05, 0) is 43.9 Å². The Labute approximate surface area is 220 Å². The average Bonchev–Trinajstić information content (AvgIpc) is 3.20. The Morgan fingerprint density at radius 2 is 1.84 bits per heavy atom. The van der Waals surface area contributed by atoms with Gasteiger partial charge in [0, 0.05) is 24.5 Å². The number of ether oxygens (including phenoxy) is 5. The number of methoxy groups -OCH3 is 2. The van der Waals surface area contributed by atoms with E-state index in [2.05, 4.69) is 11.9 Å². The Hall–Kier alpha value is -3.66. The first-order valence-electron chi connectivity index (χ1n) is 12.1. The van der Waals surface area contributed by atoms with Crippen molar-refractivity contribution in [2.24, 2.45) is 0 Å². The number of benzene rings is 2. The summed E-state index contributed by atoms with van der Waals surface area (Å²) in [6.45, 7) is 5.69. The Kier molecular flexibility index (Phi) is 7.68. The van der Waals surface area contributed by atoms with E-state index in [1.54, 1.807) is 7.11 Å². The number of anilines is 2. The van der Waals surface area contributed by atoms with Crippen molar-refractivity contribution in [3.8, 4) is 28.7 Å². The number of hydrogen-bond acceptors (Lipinski definition) is 10. The molecule has 1 atom stereocenters. The lowest BCUT2D eigenvalue weighted by atomic mass is 9.87. The smallest absolute Gasteiger partial charge is 0.308 e. The molecule has 2 heterocycles. The SMILES string of the molecule is CCC1(COc2ccc(Cc3sc(N)nc3N)cc2)CCc2c(C)c(OC(C)=O)c(OC)c(OC)c2O1. The molecule has 10 heteroatoms. The lowest BCUT2D eigenvalue weighted by molar-refractivity contribution is -0.132. The number of nitrogen functional groups attached to an aromatic ring is 2. The first-order valence-corrected chi connectivity index (χ1v) is 12.9. The highest BCUT2D eigenvalue weighted by atomic mass is 32.1. The van der Waals surface area contributed by atoms with E-state index in [-0.39, 0.29) is 0 Å². The van der Waals surface area contributed by atoms with Crippen molar-refractivity contribution in [2.45, 2.75) is 52.1 Å². The molecule has 0 radical (unpaired) electrons. The number of carbonyl (C=O) groups is 1. The van der Waals surface area contributed by atoms with Gasteiger partial charge in [-0.2, -0.15) is 0 Å². The van der Waals surface area contributed by atoms with Crippen molar-refractivity contribution in [3.63, 3.8) is 0 Å². The van der Waals surface area contributed by atoms with E-state index in [4.69, 9.17) is 35.2 Å². The first kappa shape index (κ1) is 26.4. The van der Waals surface area contributed by atoms with Crippen LogP contribution < -0.4 is 35.2 Å². The zero-order chi connectivity index (χ0) is 26.7. The molecule has 0 amide bonds. The van der Waals surface area contributed by atoms with Crippen molar-refractivity contribution < 1.29 is 28.5 Å². The minimum Gasteiger partial charge on any atom is -0.490 e. The maximum absolute atomic E-state index is 11.7. The lowest BCUT2D eigenvalue weighted by Crippen LogP contribution is -2.44. The molecule has 4 N–H and O–H groups in total. The van der Waals surface area contributed by atoms with Crippen LogP contribution in [0.15, 0.2) is 24.3 Å². The molecule has 0 saturated carbocycles. The molecule has 198 valence electrons. The summed E-state index contributed by atoms with van der Waals surface area (Å²) < 4.78 is 29.5. The van der Waals surface area contributed by atoms with E-state index in [1.165, 1.54) is 25.4 Å². The van der Waals surface area contributed by atoms with Gasteiger partial charge in [0.05, 0.1) is 19.1 Å². The van der Waals surface area contributed by atoms with E-state index < -0.39 is 11.6 Å². The Morgan fingerprint density at radius 3 is 2.41 bits per heavy atom. The van der Waals surface area contributed by atoms with Crippen molar-refractivity contribution in [3.05, 3.63) is 45.8 Å². The highest BCUT2D eigenvalue weighted by molar-refractivity contribution is 7.15. The minimum atomic E-state index is -0.562. The number of nitrogens with two attached hydrogens (primary N) is 2. The van der Waals surface area contributed by atoms with E-state index >= 15 is 0 Å². The second kappa shape index (κ2) is 10.8. The van der Waals surface area contributed by atoms with Gasteiger partial charge < -0.3 is 35.2 Å². The molecule has 0 fully saturated rings. The Balaban J connectivity index is 1.53. The Bertz CT molecular complexity index is 1290. The van der Waals surface area contributed by atoms with Gasteiger partial charge in [-0.15, -0.1) is 0 Å². The first-order chi connectivity index (χ1) is 17.7. The normalized spacial score (nSPS) is 16.5. The number of rotatable bonds is 9. The third-order valence-corrected chi connectivity index (χ3v) is 7.57. The van der Waals surface area contributed by atoms with E-state index in [9.17, 15) is 4.79 Å². The topological polar surface area (TPSA) is 128 Å². The van der Waals surface area contributed by atoms with Crippen LogP contribution in [0.4, 0.5) is 10.9 Å². The third-order valence-electron chi connectivity index (χ3n) is 6.67. The van der Waals surface area contributed by atoms with Gasteiger partial charge in [-0.25, -0.2) is 4.98 Å². The summed E-state index contributed by atoms with van der Waals surface area (Å²) in [6.07, 6.45) is 2.84. The maximum Gasteiger partial charge on any atom is 0.308 e. The van der Waals surface area contributed by atoms with Crippen LogP contribution in [0.3, 0.4) is 0 Å². The van der Waals surface area contributed by atoms with Crippen LogP contribution in [0.5, 0.6) is 28.7 Å². The highest BCUT2D eigenvalue weighted by Gasteiger charge is 2.40. The second-order valence-corrected chi connectivity index (χ2v) is 10.1. The van der Waals surface area contributed by atoms with Crippen molar-refractivity contribution in [2.75, 3.05) is 32.3 Å². The van der Waals surface area contributed by atoms with E-state index in [1.807, 2.05) is 31.2 Å². The molecular formula is C27H33N3O6S. The van der Waals surface area contributed by atoms with Crippen molar-refractivity contribution >= 4 is 28.3 Å². The molecule has 0 aliphatic carbocycles. The van der Waals surface area contributed by atoms with Crippen LogP contribution in [-0.2, 0) is 17.6 Å². The molecule has 0 saturated heterocycles. The van der Waals surface area contributed by atoms with Crippen LogP contribution in [0, 0.1) is 6.92 Å². The van der Waals surface area contributed by atoms with Crippen LogP contribution in [0.1, 0.15) is 48.3 Å². The summed E-state index contributed by atoms with van der Waals surface area (Å²) in [6, 6.07) is 7.90. The molecule has 37 heavy (non-hydrogen) atoms. The van der Waals surface area contributed by atoms with Gasteiger partial charge in [-0.3, -0.25) is 4.79 Å². The fourth-order valence-corrected chi connectivity index (χ4v) is 5.34. The summed E-state index contributed by atoms with van der Waals surface area (Å²) in [5.41, 5.74) is 13.9. The summed E-state index contributed by atoms with van der Waals surface area (Å²) in [4.78, 5) is 16.7. The number of esters is 1. The van der Waals surface area contributed by atoms with E-state index in [0.29, 0.717) is 53.4 Å². The summed E-state index contributed by atoms with van der Waals surface area (Å²) in [7, 11) is 3.06. The molecule has 1 aliphatic heterocycles. The fourth-order valence-electron chi connectivity index (χ4n) is 4.55. The summed E-state index contributed by atoms with van der Waals surface area (Å²) in [5.74, 6) is 2.49. The van der Waals surface area contributed by atoms with Gasteiger partial charge in [0.25, 0.3) is 0 Å². The number of thiazole rings is 1. The number of hydrogen-bond donors (Lipinski definition) is 2. The number of nitrogens with zero attached hydrogens (tertiary/aromatic N) is 1. The molecule has 1 unspecified atom stereocenters. The monoisotopic (exact) mass is 527 g/mol. The zero-order valence-electron chi connectivity index (χ0n) is 21.8. The maximum atomic E-state index is 11.7. The van der Waals surface area contributed by atoms with Gasteiger partial charge in [0.1, 0.15) is 23.8 Å². The molecule has 0 spiro atoms. The van der Waals surface area contributed by atoms with Crippen LogP contribution in [-0.4, -0.2) is 37.4 Å². The molecular weight excluding hydrogens is 494 g/mol. The molecule has 1 aromatic heterocycles. The van der Waals surface area contributed by atoms with E-state index in [0.717, 1.165) is 40.2 Å². The molecule has 2 aromatic carbocycles. The van der Waals surface area contributed by atoms with Crippen molar-refractivity contribution in [1.29, 1.82) is 0 Å². The predicted molar refractivity (Wildman–Crippen MR) is 143 cm³/mol. The predicted octanol–water partition coefficient (Wildman–Crippen LogP) is 4.70. The van der Waals surface area contributed by atoms with Gasteiger partial charge in [0.2, 0.25) is 11.5 Å². The van der Waals surface area contributed by atoms with Crippen LogP contribution in [0.2, 0.25) is 0 Å². The molecule has 4 rings (SSSR count). The van der Waals surface area contributed by atoms with Gasteiger partial charge in [-0.1, -0.05) is 30.4 Å². The number of aromatic nitrogens is 1. The molecule has 1 aliphatic rings. The zero-order valence-corrected chi connectivity index (χ0v) is 22.6. The largest absolute Gasteiger partial charge is 0.490 e. The molecule has 3 aromatic rings. The lowest BCUT2D eigenvalue weighted by Gasteiger charge is -2.39. The number of carbonyl (C=O) groups excluding carboxylic acids is 1. The highest BCUT2D eigenvalue weighted by Crippen LogP contribution is 2.53. The summed E-state index contributed by atoms with van der Waals surface area (Å²) >= 11 is 1.40. The van der Waals surface area contributed by atoms with Crippen molar-refractivity contribution in [1.82, 2.24) is 4.98 Å². The van der Waals surface area contributed by atoms with Gasteiger partial charge in [0.15, 0.2) is 16.6 Å². The Morgan fingerprint density at radius 1 is 1.14 bits per heavy atom. The number of fused-ring (bicyclic) bond motifs is 1. The second-order valence-electron chi connectivity index (χ2n) is 9.03. The molecule has 0 bridgehead atoms. The van der Waals surface area contributed by atoms with Crippen LogP contribution in [0.25, 0.3) is 0 Å². The van der Waals surface area contributed by atoms with Gasteiger partial charge >= 0.3 is 5.97 Å².